The molecule has 0 unspecified atom stereocenters. The van der Waals surface area contributed by atoms with Crippen LogP contribution < -0.4 is 0 Å². The molecule has 0 heterocycles. The van der Waals surface area contributed by atoms with Crippen molar-refractivity contribution in [1.29, 1.82) is 0 Å². The number of carbonyl (C=O) groups is 2. The van der Waals surface area contributed by atoms with Crippen LogP contribution in [0.5, 0.6) is 0 Å². The average molecular weight is 412 g/mol. The van der Waals surface area contributed by atoms with E-state index >= 15 is 0 Å². The maximum Gasteiger partial charge on any atom is 0.339 e. The molecule has 160 valence electrons. The van der Waals surface area contributed by atoms with Crippen LogP contribution in [0.4, 0.5) is 11.4 Å². The lowest BCUT2D eigenvalue weighted by Gasteiger charge is -2.24. The smallest absolute Gasteiger partial charge is 0.339 e. The van der Waals surface area contributed by atoms with E-state index in [4.69, 9.17) is 9.47 Å². The molecule has 0 aliphatic heterocycles. The lowest BCUT2D eigenvalue weighted by Crippen LogP contribution is -2.28. The van der Waals surface area contributed by atoms with Gasteiger partial charge in [0.1, 0.15) is 11.2 Å². The topological polar surface area (TPSA) is 97.5 Å². The van der Waals surface area contributed by atoms with Crippen LogP contribution in [0.25, 0.3) is 0 Å². The highest BCUT2D eigenvalue weighted by Gasteiger charge is 2.30. The minimum Gasteiger partial charge on any atom is -0.456 e. The molecule has 0 fully saturated rings. The van der Waals surface area contributed by atoms with Crippen molar-refractivity contribution < 1.29 is 24.2 Å². The van der Waals surface area contributed by atoms with E-state index in [1.54, 1.807) is 53.7 Å². The van der Waals surface area contributed by atoms with E-state index in [1.807, 2.05) is 18.2 Å². The SMILES string of the molecule is CC(C)(C)OC(=O)c1ccc(N=Nc2ccccc2)c(CO)c1C(=O)OC(C)(C)C. The van der Waals surface area contributed by atoms with Gasteiger partial charge in [0.15, 0.2) is 0 Å². The Bertz CT molecular complexity index is 939. The van der Waals surface area contributed by atoms with Crippen molar-refractivity contribution in [2.75, 3.05) is 0 Å². The monoisotopic (exact) mass is 412 g/mol. The summed E-state index contributed by atoms with van der Waals surface area (Å²) in [7, 11) is 0. The summed E-state index contributed by atoms with van der Waals surface area (Å²) in [6, 6.07) is 12.0. The predicted octanol–water partition coefficient (Wildman–Crippen LogP) is 5.50. The molecule has 2 rings (SSSR count). The Morgan fingerprint density at radius 3 is 1.93 bits per heavy atom. The second kappa shape index (κ2) is 9.17. The van der Waals surface area contributed by atoms with Gasteiger partial charge < -0.3 is 14.6 Å². The molecule has 2 aromatic carbocycles. The van der Waals surface area contributed by atoms with Gasteiger partial charge in [-0.25, -0.2) is 9.59 Å². The van der Waals surface area contributed by atoms with Crippen LogP contribution in [0.1, 0.15) is 67.8 Å². The van der Waals surface area contributed by atoms with Crippen molar-refractivity contribution in [3.05, 3.63) is 59.2 Å². The molecule has 0 aromatic heterocycles. The molecule has 0 aliphatic rings. The number of hydrogen-bond acceptors (Lipinski definition) is 7. The fourth-order valence-electron chi connectivity index (χ4n) is 2.56. The Hall–Kier alpha value is -3.06. The van der Waals surface area contributed by atoms with Gasteiger partial charge >= 0.3 is 11.9 Å². The van der Waals surface area contributed by atoms with Crippen LogP contribution in [0, 0.1) is 0 Å². The minimum atomic E-state index is -0.795. The van der Waals surface area contributed by atoms with E-state index in [-0.39, 0.29) is 22.4 Å². The fourth-order valence-corrected chi connectivity index (χ4v) is 2.56. The van der Waals surface area contributed by atoms with Gasteiger partial charge in [-0.1, -0.05) is 18.2 Å². The molecule has 2 aromatic rings. The summed E-state index contributed by atoms with van der Waals surface area (Å²) < 4.78 is 10.9. The number of carbonyl (C=O) groups excluding carboxylic acids is 2. The molecule has 7 heteroatoms. The van der Waals surface area contributed by atoms with Gasteiger partial charge in [-0.05, 0) is 65.8 Å². The number of hydrogen-bond donors (Lipinski definition) is 1. The van der Waals surface area contributed by atoms with Gasteiger partial charge in [0.25, 0.3) is 0 Å². The van der Waals surface area contributed by atoms with Crippen LogP contribution in [0.3, 0.4) is 0 Å². The number of benzene rings is 2. The van der Waals surface area contributed by atoms with E-state index < -0.39 is 29.7 Å². The van der Waals surface area contributed by atoms with Crippen LogP contribution in [-0.4, -0.2) is 28.2 Å². The van der Waals surface area contributed by atoms with Gasteiger partial charge in [-0.2, -0.15) is 10.2 Å². The number of aliphatic hydroxyl groups excluding tert-OH is 1. The molecule has 1 N–H and O–H groups in total. The molecule has 0 amide bonds. The predicted molar refractivity (Wildman–Crippen MR) is 113 cm³/mol. The second-order valence-corrected chi connectivity index (χ2v) is 8.68. The number of ether oxygens (including phenoxy) is 2. The van der Waals surface area contributed by atoms with Gasteiger partial charge in [-0.3, -0.25) is 0 Å². The van der Waals surface area contributed by atoms with Crippen molar-refractivity contribution in [3.63, 3.8) is 0 Å². The summed E-state index contributed by atoms with van der Waals surface area (Å²) in [6.45, 7) is 9.81. The quantitative estimate of drug-likeness (QED) is 0.516. The number of azo groups is 1. The zero-order chi connectivity index (χ0) is 22.5. The maximum atomic E-state index is 12.9. The van der Waals surface area contributed by atoms with Crippen molar-refractivity contribution in [2.45, 2.75) is 59.4 Å². The summed E-state index contributed by atoms with van der Waals surface area (Å²) in [5.74, 6) is -1.44. The van der Waals surface area contributed by atoms with Crippen molar-refractivity contribution in [1.82, 2.24) is 0 Å². The molecule has 0 saturated carbocycles. The Morgan fingerprint density at radius 1 is 0.833 bits per heavy atom. The van der Waals surface area contributed by atoms with Crippen LogP contribution in [0.2, 0.25) is 0 Å². The number of esters is 2. The zero-order valence-electron chi connectivity index (χ0n) is 18.2. The molecule has 0 atom stereocenters. The highest BCUT2D eigenvalue weighted by molar-refractivity contribution is 6.05. The van der Waals surface area contributed by atoms with E-state index in [0.717, 1.165) is 0 Å². The summed E-state index contributed by atoms with van der Waals surface area (Å²) in [5, 5.41) is 18.3. The zero-order valence-corrected chi connectivity index (χ0v) is 18.2. The molecule has 0 bridgehead atoms. The van der Waals surface area contributed by atoms with Gasteiger partial charge in [0.05, 0.1) is 29.1 Å². The summed E-state index contributed by atoms with van der Waals surface area (Å²) in [5.41, 5.74) is -0.615. The average Bonchev–Trinajstić information content (AvgIpc) is 2.63. The molecule has 0 aliphatic carbocycles. The molecule has 30 heavy (non-hydrogen) atoms. The molecule has 0 radical (unpaired) electrons. The van der Waals surface area contributed by atoms with Crippen molar-refractivity contribution in [3.8, 4) is 0 Å². The van der Waals surface area contributed by atoms with E-state index in [9.17, 15) is 14.7 Å². The minimum absolute atomic E-state index is 0.00175. The molecular formula is C23H28N2O5. The Balaban J connectivity index is 2.59. The lowest BCUT2D eigenvalue weighted by molar-refractivity contribution is 0.00165. The first-order valence-corrected chi connectivity index (χ1v) is 9.61. The first kappa shape index (κ1) is 23.2. The third-order valence-corrected chi connectivity index (χ3v) is 3.70. The first-order valence-electron chi connectivity index (χ1n) is 9.61. The standard InChI is InChI=1S/C23H28N2O5/c1-22(2,3)29-20(27)16-12-13-18(25-24-15-10-8-7-9-11-15)17(14-26)19(16)21(28)30-23(4,5)6/h7-13,26H,14H2,1-6H3. The summed E-state index contributed by atoms with van der Waals surface area (Å²) in [6.07, 6.45) is 0. The summed E-state index contributed by atoms with van der Waals surface area (Å²) >= 11 is 0. The second-order valence-electron chi connectivity index (χ2n) is 8.68. The van der Waals surface area contributed by atoms with E-state index in [0.29, 0.717) is 5.69 Å². The molecule has 7 nitrogen and oxygen atoms in total. The van der Waals surface area contributed by atoms with Gasteiger partial charge in [0, 0.05) is 5.56 Å². The Kier molecular flexibility index (Phi) is 7.10. The van der Waals surface area contributed by atoms with Crippen LogP contribution >= 0.6 is 0 Å². The van der Waals surface area contributed by atoms with Gasteiger partial charge in [0.2, 0.25) is 0 Å². The normalized spacial score (nSPS) is 12.1. The number of aliphatic hydroxyl groups is 1. The number of rotatable bonds is 5. The van der Waals surface area contributed by atoms with Crippen LogP contribution in [0.15, 0.2) is 52.7 Å². The van der Waals surface area contributed by atoms with Crippen molar-refractivity contribution >= 4 is 23.3 Å². The third kappa shape index (κ3) is 6.49. The lowest BCUT2D eigenvalue weighted by atomic mass is 9.98. The maximum absolute atomic E-state index is 12.9. The molecule has 0 spiro atoms. The van der Waals surface area contributed by atoms with E-state index in [1.165, 1.54) is 12.1 Å². The Morgan fingerprint density at radius 2 is 1.40 bits per heavy atom. The molecular weight excluding hydrogens is 384 g/mol. The Labute approximate surface area is 176 Å². The van der Waals surface area contributed by atoms with Crippen LogP contribution in [-0.2, 0) is 16.1 Å². The summed E-state index contributed by atoms with van der Waals surface area (Å²) in [4.78, 5) is 25.7. The highest BCUT2D eigenvalue weighted by atomic mass is 16.6. The third-order valence-electron chi connectivity index (χ3n) is 3.70. The van der Waals surface area contributed by atoms with E-state index in [2.05, 4.69) is 10.2 Å². The first-order chi connectivity index (χ1) is 13.9. The largest absolute Gasteiger partial charge is 0.456 e. The fraction of sp³-hybridized carbons (Fsp3) is 0.391. The highest BCUT2D eigenvalue weighted by Crippen LogP contribution is 2.31. The van der Waals surface area contributed by atoms with Gasteiger partial charge in [-0.15, -0.1) is 0 Å². The molecule has 0 saturated heterocycles. The number of nitrogens with zero attached hydrogens (tertiary/aromatic N) is 2. The van der Waals surface area contributed by atoms with Crippen molar-refractivity contribution in [2.24, 2.45) is 10.2 Å².